The Balaban J connectivity index is 1.52. The highest BCUT2D eigenvalue weighted by Gasteiger charge is 2.22. The van der Waals surface area contributed by atoms with Crippen LogP contribution in [0.2, 0.25) is 5.02 Å². The number of amides is 3. The van der Waals surface area contributed by atoms with Crippen molar-refractivity contribution in [2.24, 2.45) is 0 Å². The van der Waals surface area contributed by atoms with E-state index in [2.05, 4.69) is 26.0 Å². The molecule has 2 heterocycles. The average molecular weight is 555 g/mol. The number of ether oxygens (including phenoxy) is 1. The van der Waals surface area contributed by atoms with Crippen LogP contribution in [0.4, 0.5) is 25.1 Å². The fourth-order valence-electron chi connectivity index (χ4n) is 3.49. The van der Waals surface area contributed by atoms with E-state index < -0.39 is 23.1 Å². The van der Waals surface area contributed by atoms with E-state index in [0.717, 1.165) is 18.2 Å². The number of nitrogens with zero attached hydrogens (tertiary/aromatic N) is 3. The smallest absolute Gasteiger partial charge is 0.324 e. The van der Waals surface area contributed by atoms with Crippen molar-refractivity contribution in [1.82, 2.24) is 20.1 Å². The lowest BCUT2D eigenvalue weighted by Gasteiger charge is -2.14. The maximum Gasteiger partial charge on any atom is 0.324 e. The Hall–Kier alpha value is -4.51. The third-order valence-corrected chi connectivity index (χ3v) is 5.74. The van der Waals surface area contributed by atoms with Crippen molar-refractivity contribution >= 4 is 35.0 Å². The van der Waals surface area contributed by atoms with Gasteiger partial charge in [0.05, 0.1) is 22.1 Å². The van der Waals surface area contributed by atoms with Crippen LogP contribution in [0.5, 0.6) is 11.5 Å². The first-order valence-electron chi connectivity index (χ1n) is 11.7. The molecule has 202 valence electrons. The van der Waals surface area contributed by atoms with Gasteiger partial charge in [-0.2, -0.15) is 5.10 Å². The zero-order valence-corrected chi connectivity index (χ0v) is 22.2. The molecule has 4 aromatic rings. The molecule has 0 atom stereocenters. The number of halogens is 3. The van der Waals surface area contributed by atoms with Gasteiger partial charge in [0.15, 0.2) is 0 Å². The van der Waals surface area contributed by atoms with Crippen molar-refractivity contribution in [3.8, 4) is 17.2 Å². The van der Waals surface area contributed by atoms with Crippen molar-refractivity contribution in [2.45, 2.75) is 26.2 Å². The molecule has 0 unspecified atom stereocenters. The molecule has 0 aliphatic heterocycles. The van der Waals surface area contributed by atoms with E-state index in [0.29, 0.717) is 17.2 Å². The number of nitrogens with one attached hydrogen (secondary N) is 3. The summed E-state index contributed by atoms with van der Waals surface area (Å²) in [4.78, 5) is 28.7. The third kappa shape index (κ3) is 6.68. The summed E-state index contributed by atoms with van der Waals surface area (Å²) in [5, 5.41) is 12.4. The summed E-state index contributed by atoms with van der Waals surface area (Å²) in [5.74, 6) is -0.987. The summed E-state index contributed by atoms with van der Waals surface area (Å²) in [6, 6.07) is 11.6. The van der Waals surface area contributed by atoms with Gasteiger partial charge in [0.2, 0.25) is 0 Å². The third-order valence-electron chi connectivity index (χ3n) is 5.43. The molecule has 39 heavy (non-hydrogen) atoms. The normalized spacial score (nSPS) is 11.2. The molecule has 12 heteroatoms. The van der Waals surface area contributed by atoms with Gasteiger partial charge in [-0.05, 0) is 30.3 Å². The number of urea groups is 1. The maximum absolute atomic E-state index is 13.9. The second kappa shape index (κ2) is 11.1. The van der Waals surface area contributed by atoms with Crippen molar-refractivity contribution in [1.29, 1.82) is 0 Å². The largest absolute Gasteiger partial charge is 0.457 e. The number of rotatable bonds is 6. The first-order valence-corrected chi connectivity index (χ1v) is 12.1. The van der Waals surface area contributed by atoms with E-state index in [1.807, 2.05) is 20.8 Å². The van der Waals surface area contributed by atoms with E-state index in [-0.39, 0.29) is 33.8 Å². The molecule has 0 aliphatic carbocycles. The predicted octanol–water partition coefficient (Wildman–Crippen LogP) is 6.29. The van der Waals surface area contributed by atoms with E-state index in [1.165, 1.54) is 36.1 Å². The number of anilines is 2. The Morgan fingerprint density at radius 1 is 0.949 bits per heavy atom. The highest BCUT2D eigenvalue weighted by molar-refractivity contribution is 6.34. The highest BCUT2D eigenvalue weighted by Crippen LogP contribution is 2.31. The molecule has 2 aromatic heterocycles. The monoisotopic (exact) mass is 554 g/mol. The zero-order chi connectivity index (χ0) is 28.3. The Bertz CT molecular complexity index is 1530. The molecule has 0 aliphatic rings. The Morgan fingerprint density at radius 3 is 2.28 bits per heavy atom. The number of hydrogen-bond donors (Lipinski definition) is 3. The molecular formula is C27H25ClF2N6O3. The second-order valence-electron chi connectivity index (χ2n) is 9.48. The number of aromatic nitrogens is 3. The Kier molecular flexibility index (Phi) is 7.82. The average Bonchev–Trinajstić information content (AvgIpc) is 3.29. The molecule has 2 aromatic carbocycles. The quantitative estimate of drug-likeness (QED) is 0.259. The zero-order valence-electron chi connectivity index (χ0n) is 21.5. The first-order chi connectivity index (χ1) is 18.4. The van der Waals surface area contributed by atoms with Gasteiger partial charge in [-0.3, -0.25) is 15.1 Å². The van der Waals surface area contributed by atoms with Gasteiger partial charge < -0.3 is 15.4 Å². The topological polar surface area (TPSA) is 110 Å². The van der Waals surface area contributed by atoms with Crippen LogP contribution in [-0.4, -0.2) is 33.8 Å². The van der Waals surface area contributed by atoms with Crippen LogP contribution in [0.3, 0.4) is 0 Å². The van der Waals surface area contributed by atoms with Gasteiger partial charge in [0, 0.05) is 42.9 Å². The fraction of sp³-hybridized carbons (Fsp3) is 0.185. The molecule has 0 saturated carbocycles. The minimum atomic E-state index is -0.779. The number of hydrogen-bond acceptors (Lipinski definition) is 5. The van der Waals surface area contributed by atoms with Gasteiger partial charge in [-0.15, -0.1) is 0 Å². The van der Waals surface area contributed by atoms with Gasteiger partial charge in [-0.1, -0.05) is 32.4 Å². The van der Waals surface area contributed by atoms with Crippen LogP contribution in [0.1, 0.15) is 37.0 Å². The standard InChI is InChI=1S/C27H25ClF2N6O3/c1-27(2,3)23-14-24(36(35-23)17-10-15(29)9-16(30)11-17)34-26(38)33-21-6-5-18(12-20(21)28)39-19-7-8-32-22(13-19)25(37)31-4/h5-14H,1-4H3,(H,31,37)(H2,33,34,38). The molecular weight excluding hydrogens is 530 g/mol. The molecule has 0 fully saturated rings. The maximum atomic E-state index is 13.9. The minimum Gasteiger partial charge on any atom is -0.457 e. The summed E-state index contributed by atoms with van der Waals surface area (Å²) < 4.78 is 34.8. The molecule has 0 saturated heterocycles. The highest BCUT2D eigenvalue weighted by atomic mass is 35.5. The number of carbonyl (C=O) groups excluding carboxylic acids is 2. The fourth-order valence-corrected chi connectivity index (χ4v) is 3.71. The van der Waals surface area contributed by atoms with E-state index in [1.54, 1.807) is 18.2 Å². The van der Waals surface area contributed by atoms with E-state index >= 15 is 0 Å². The molecule has 0 bridgehead atoms. The minimum absolute atomic E-state index is 0.105. The number of benzene rings is 2. The summed E-state index contributed by atoms with van der Waals surface area (Å²) in [5.41, 5.74) is 0.761. The lowest BCUT2D eigenvalue weighted by atomic mass is 9.92. The van der Waals surface area contributed by atoms with Crippen molar-refractivity contribution in [3.63, 3.8) is 0 Å². The number of carbonyl (C=O) groups is 2. The Labute approximate surface area is 228 Å². The van der Waals surface area contributed by atoms with Crippen molar-refractivity contribution in [3.05, 3.63) is 88.8 Å². The lowest BCUT2D eigenvalue weighted by molar-refractivity contribution is 0.0957. The van der Waals surface area contributed by atoms with Gasteiger partial charge >= 0.3 is 6.03 Å². The van der Waals surface area contributed by atoms with Crippen LogP contribution in [-0.2, 0) is 5.41 Å². The van der Waals surface area contributed by atoms with Crippen LogP contribution in [0.15, 0.2) is 60.8 Å². The first kappa shape index (κ1) is 27.5. The molecule has 4 rings (SSSR count). The SMILES string of the molecule is CNC(=O)c1cc(Oc2ccc(NC(=O)Nc3cc(C(C)(C)C)nn3-c3cc(F)cc(F)c3)c(Cl)c2)ccn1. The van der Waals surface area contributed by atoms with E-state index in [4.69, 9.17) is 16.3 Å². The lowest BCUT2D eigenvalue weighted by Crippen LogP contribution is -2.21. The molecule has 0 radical (unpaired) electrons. The summed E-state index contributed by atoms with van der Waals surface area (Å²) in [6.07, 6.45) is 1.44. The van der Waals surface area contributed by atoms with Gasteiger partial charge in [-0.25, -0.2) is 18.3 Å². The summed E-state index contributed by atoms with van der Waals surface area (Å²) >= 11 is 6.37. The van der Waals surface area contributed by atoms with Crippen LogP contribution in [0, 0.1) is 11.6 Å². The number of pyridine rings is 1. The van der Waals surface area contributed by atoms with Crippen molar-refractivity contribution < 1.29 is 23.1 Å². The molecule has 0 spiro atoms. The molecule has 9 nitrogen and oxygen atoms in total. The van der Waals surface area contributed by atoms with Crippen LogP contribution >= 0.6 is 11.6 Å². The summed E-state index contributed by atoms with van der Waals surface area (Å²) in [7, 11) is 1.50. The molecule has 3 N–H and O–H groups in total. The van der Waals surface area contributed by atoms with E-state index in [9.17, 15) is 18.4 Å². The molecule has 3 amide bonds. The van der Waals surface area contributed by atoms with Crippen molar-refractivity contribution in [2.75, 3.05) is 17.7 Å². The Morgan fingerprint density at radius 2 is 1.64 bits per heavy atom. The van der Waals surface area contributed by atoms with Crippen LogP contribution < -0.4 is 20.7 Å². The van der Waals surface area contributed by atoms with Gasteiger partial charge in [0.25, 0.3) is 5.91 Å². The second-order valence-corrected chi connectivity index (χ2v) is 9.89. The van der Waals surface area contributed by atoms with Gasteiger partial charge in [0.1, 0.15) is 34.6 Å². The predicted molar refractivity (Wildman–Crippen MR) is 144 cm³/mol. The van der Waals surface area contributed by atoms with Crippen LogP contribution in [0.25, 0.3) is 5.69 Å². The summed E-state index contributed by atoms with van der Waals surface area (Å²) in [6.45, 7) is 5.76.